The van der Waals surface area contributed by atoms with Crippen molar-refractivity contribution in [3.63, 3.8) is 0 Å². The zero-order valence-corrected chi connectivity index (χ0v) is 6.04. The van der Waals surface area contributed by atoms with E-state index in [1.165, 1.54) is 6.08 Å². The lowest BCUT2D eigenvalue weighted by Gasteiger charge is -2.05. The molecule has 4 nitrogen and oxygen atoms in total. The highest BCUT2D eigenvalue weighted by molar-refractivity contribution is 6.07. The molecule has 1 saturated carbocycles. The van der Waals surface area contributed by atoms with Crippen LogP contribution in [-0.4, -0.2) is 11.8 Å². The minimum Gasteiger partial charge on any atom is -0.369 e. The summed E-state index contributed by atoms with van der Waals surface area (Å²) in [4.78, 5) is 21.5. The van der Waals surface area contributed by atoms with Gasteiger partial charge in [0.25, 0.3) is 0 Å². The van der Waals surface area contributed by atoms with Crippen molar-refractivity contribution < 1.29 is 9.59 Å². The Labute approximate surface area is 64.2 Å². The van der Waals surface area contributed by atoms with E-state index in [1.54, 1.807) is 0 Å². The van der Waals surface area contributed by atoms with E-state index in [2.05, 4.69) is 6.58 Å². The van der Waals surface area contributed by atoms with Gasteiger partial charge in [0.1, 0.15) is 5.41 Å². The summed E-state index contributed by atoms with van der Waals surface area (Å²) >= 11 is 0. The fourth-order valence-electron chi connectivity index (χ4n) is 1.26. The number of carbonyl (C=O) groups excluding carboxylic acids is 2. The van der Waals surface area contributed by atoms with E-state index in [0.29, 0.717) is 6.42 Å². The molecule has 4 N–H and O–H groups in total. The van der Waals surface area contributed by atoms with Crippen LogP contribution in [0.4, 0.5) is 0 Å². The summed E-state index contributed by atoms with van der Waals surface area (Å²) < 4.78 is 0. The van der Waals surface area contributed by atoms with Crippen molar-refractivity contribution in [1.82, 2.24) is 0 Å². The number of hydrogen-bond donors (Lipinski definition) is 2. The highest BCUT2D eigenvalue weighted by Crippen LogP contribution is 2.52. The Morgan fingerprint density at radius 3 is 2.00 bits per heavy atom. The molecule has 0 aliphatic heterocycles. The third-order valence-corrected chi connectivity index (χ3v) is 2.18. The van der Waals surface area contributed by atoms with Crippen LogP contribution in [0.1, 0.15) is 6.42 Å². The van der Waals surface area contributed by atoms with Crippen molar-refractivity contribution in [2.45, 2.75) is 6.42 Å². The smallest absolute Gasteiger partial charge is 0.233 e. The lowest BCUT2D eigenvalue weighted by molar-refractivity contribution is -0.133. The molecule has 1 aliphatic rings. The fourth-order valence-corrected chi connectivity index (χ4v) is 1.26. The number of hydrogen-bond acceptors (Lipinski definition) is 2. The Morgan fingerprint density at radius 2 is 1.91 bits per heavy atom. The molecule has 0 aromatic carbocycles. The predicted octanol–water partition coefficient (Wildman–Crippen LogP) is -0.851. The second-order valence-corrected chi connectivity index (χ2v) is 2.75. The summed E-state index contributed by atoms with van der Waals surface area (Å²) in [6.45, 7) is 3.47. The third-order valence-electron chi connectivity index (χ3n) is 2.18. The number of nitrogens with two attached hydrogens (primary N) is 2. The Hall–Kier alpha value is -1.32. The summed E-state index contributed by atoms with van der Waals surface area (Å²) in [6, 6.07) is 0. The molecule has 1 fully saturated rings. The second-order valence-electron chi connectivity index (χ2n) is 2.75. The van der Waals surface area contributed by atoms with Crippen LogP contribution in [0.5, 0.6) is 0 Å². The molecule has 0 spiro atoms. The van der Waals surface area contributed by atoms with Crippen molar-refractivity contribution in [3.8, 4) is 0 Å². The first-order valence-corrected chi connectivity index (χ1v) is 3.28. The minimum absolute atomic E-state index is 0.155. The molecule has 1 aliphatic carbocycles. The summed E-state index contributed by atoms with van der Waals surface area (Å²) in [7, 11) is 0. The largest absolute Gasteiger partial charge is 0.369 e. The molecule has 2 amide bonds. The topological polar surface area (TPSA) is 86.2 Å². The van der Waals surface area contributed by atoms with Gasteiger partial charge in [-0.2, -0.15) is 0 Å². The number of allylic oxidation sites excluding steroid dienone is 1. The van der Waals surface area contributed by atoms with Gasteiger partial charge in [-0.1, -0.05) is 6.08 Å². The van der Waals surface area contributed by atoms with Gasteiger partial charge < -0.3 is 11.5 Å². The maximum Gasteiger partial charge on any atom is 0.233 e. The standard InChI is InChI=1S/C7H10N2O2/c1-2-4-3-7(4,5(8)10)6(9)11/h2,4H,1,3H2,(H2,8,10)(H2,9,11). The van der Waals surface area contributed by atoms with Gasteiger partial charge in [0.05, 0.1) is 0 Å². The van der Waals surface area contributed by atoms with E-state index in [0.717, 1.165) is 0 Å². The van der Waals surface area contributed by atoms with Crippen molar-refractivity contribution in [2.24, 2.45) is 22.8 Å². The summed E-state index contributed by atoms with van der Waals surface area (Å²) in [5.41, 5.74) is 8.90. The van der Waals surface area contributed by atoms with E-state index in [-0.39, 0.29) is 5.92 Å². The zero-order valence-electron chi connectivity index (χ0n) is 6.04. The number of amides is 2. The molecular formula is C7H10N2O2. The Balaban J connectivity index is 2.87. The molecule has 60 valence electrons. The average molecular weight is 154 g/mol. The van der Waals surface area contributed by atoms with Crippen LogP contribution in [-0.2, 0) is 9.59 Å². The lowest BCUT2D eigenvalue weighted by atomic mass is 10.0. The molecule has 1 rings (SSSR count). The Morgan fingerprint density at radius 1 is 1.45 bits per heavy atom. The molecule has 0 bridgehead atoms. The van der Waals surface area contributed by atoms with Crippen LogP contribution >= 0.6 is 0 Å². The van der Waals surface area contributed by atoms with Crippen LogP contribution in [0.2, 0.25) is 0 Å². The summed E-state index contributed by atoms with van der Waals surface area (Å²) in [6.07, 6.45) is 1.96. The predicted molar refractivity (Wildman–Crippen MR) is 39.1 cm³/mol. The maximum atomic E-state index is 10.8. The molecule has 4 heteroatoms. The first-order valence-electron chi connectivity index (χ1n) is 3.28. The molecule has 0 heterocycles. The number of carbonyl (C=O) groups is 2. The van der Waals surface area contributed by atoms with Crippen molar-refractivity contribution >= 4 is 11.8 Å². The molecule has 0 aromatic rings. The van der Waals surface area contributed by atoms with E-state index < -0.39 is 17.2 Å². The minimum atomic E-state index is -1.12. The monoisotopic (exact) mass is 154 g/mol. The van der Waals surface area contributed by atoms with Gasteiger partial charge in [-0.05, 0) is 6.42 Å². The summed E-state index contributed by atoms with van der Waals surface area (Å²) in [5, 5.41) is 0. The van der Waals surface area contributed by atoms with Crippen molar-refractivity contribution in [3.05, 3.63) is 12.7 Å². The highest BCUT2D eigenvalue weighted by Gasteiger charge is 2.62. The molecule has 0 radical (unpaired) electrons. The maximum absolute atomic E-state index is 10.8. The molecule has 1 unspecified atom stereocenters. The normalized spacial score (nSPS) is 25.6. The first kappa shape index (κ1) is 7.78. The van der Waals surface area contributed by atoms with Crippen LogP contribution in [0.15, 0.2) is 12.7 Å². The van der Waals surface area contributed by atoms with Gasteiger partial charge in [-0.25, -0.2) is 0 Å². The van der Waals surface area contributed by atoms with Gasteiger partial charge in [-0.15, -0.1) is 6.58 Å². The van der Waals surface area contributed by atoms with Crippen LogP contribution in [0.25, 0.3) is 0 Å². The fraction of sp³-hybridized carbons (Fsp3) is 0.429. The Kier molecular flexibility index (Phi) is 1.47. The van der Waals surface area contributed by atoms with E-state index >= 15 is 0 Å². The molecular weight excluding hydrogens is 144 g/mol. The molecule has 11 heavy (non-hydrogen) atoms. The van der Waals surface area contributed by atoms with E-state index in [9.17, 15) is 9.59 Å². The third kappa shape index (κ3) is 0.824. The summed E-state index contributed by atoms with van der Waals surface area (Å²) in [5.74, 6) is -1.44. The highest BCUT2D eigenvalue weighted by atomic mass is 16.2. The van der Waals surface area contributed by atoms with Gasteiger partial charge in [0.2, 0.25) is 11.8 Å². The molecule has 0 aromatic heterocycles. The van der Waals surface area contributed by atoms with Gasteiger partial charge in [-0.3, -0.25) is 9.59 Å². The van der Waals surface area contributed by atoms with Crippen LogP contribution < -0.4 is 11.5 Å². The zero-order chi connectivity index (χ0) is 8.65. The van der Waals surface area contributed by atoms with Gasteiger partial charge in [0.15, 0.2) is 0 Å². The SMILES string of the molecule is C=CC1CC1(C(N)=O)C(N)=O. The van der Waals surface area contributed by atoms with Crippen molar-refractivity contribution in [2.75, 3.05) is 0 Å². The molecule has 1 atom stereocenters. The Bertz CT molecular complexity index is 221. The number of primary amides is 2. The lowest BCUT2D eigenvalue weighted by Crippen LogP contribution is -2.38. The molecule has 0 saturated heterocycles. The first-order chi connectivity index (χ1) is 5.05. The van der Waals surface area contributed by atoms with E-state index in [4.69, 9.17) is 11.5 Å². The van der Waals surface area contributed by atoms with Crippen molar-refractivity contribution in [1.29, 1.82) is 0 Å². The average Bonchev–Trinajstić information content (AvgIpc) is 2.61. The van der Waals surface area contributed by atoms with Gasteiger partial charge >= 0.3 is 0 Å². The van der Waals surface area contributed by atoms with Crippen LogP contribution in [0, 0.1) is 11.3 Å². The quantitative estimate of drug-likeness (QED) is 0.409. The second kappa shape index (κ2) is 2.08. The van der Waals surface area contributed by atoms with Gasteiger partial charge in [0, 0.05) is 5.92 Å². The van der Waals surface area contributed by atoms with Crippen LogP contribution in [0.3, 0.4) is 0 Å². The van der Waals surface area contributed by atoms with E-state index in [1.807, 2.05) is 0 Å². The number of rotatable bonds is 3.